The molecule has 0 aliphatic carbocycles. The highest BCUT2D eigenvalue weighted by molar-refractivity contribution is 5.77. The van der Waals surface area contributed by atoms with Gasteiger partial charge in [0.25, 0.3) is 0 Å². The lowest BCUT2D eigenvalue weighted by Crippen LogP contribution is -2.41. The molecule has 1 atom stereocenters. The van der Waals surface area contributed by atoms with Crippen LogP contribution >= 0.6 is 0 Å². The Hall–Kier alpha value is -1.06. The Bertz CT molecular complexity index is 125. The van der Waals surface area contributed by atoms with Gasteiger partial charge in [-0.15, -0.1) is 0 Å². The van der Waals surface area contributed by atoms with Gasteiger partial charge in [0.15, 0.2) is 0 Å². The van der Waals surface area contributed by atoms with Crippen molar-refractivity contribution in [3.63, 3.8) is 0 Å². The lowest BCUT2D eigenvalue weighted by Gasteiger charge is -2.06. The molecule has 4 heteroatoms. The van der Waals surface area contributed by atoms with E-state index in [4.69, 9.17) is 0 Å². The van der Waals surface area contributed by atoms with Gasteiger partial charge in [-0.05, 0) is 13.8 Å². The number of rotatable bonds is 3. The summed E-state index contributed by atoms with van der Waals surface area (Å²) in [5, 5.41) is 4.91. The highest BCUT2D eigenvalue weighted by Gasteiger charge is 2.01. The molecule has 0 rings (SSSR count). The third-order valence-electron chi connectivity index (χ3n) is 0.900. The first-order valence-electron chi connectivity index (χ1n) is 3.20. The minimum Gasteiger partial charge on any atom is -0.338 e. The van der Waals surface area contributed by atoms with Crippen LogP contribution in [0.15, 0.2) is 0 Å². The number of hydrogen-bond acceptors (Lipinski definition) is 2. The van der Waals surface area contributed by atoms with E-state index in [0.29, 0.717) is 12.8 Å². The fourth-order valence-corrected chi connectivity index (χ4v) is 0.452. The van der Waals surface area contributed by atoms with E-state index in [1.165, 1.54) is 0 Å². The van der Waals surface area contributed by atoms with E-state index < -0.39 is 6.04 Å². The second-order valence-electron chi connectivity index (χ2n) is 1.93. The van der Waals surface area contributed by atoms with Crippen molar-refractivity contribution in [2.75, 3.05) is 6.54 Å². The van der Waals surface area contributed by atoms with Crippen molar-refractivity contribution in [1.82, 2.24) is 10.6 Å². The van der Waals surface area contributed by atoms with E-state index in [1.54, 1.807) is 6.92 Å². The van der Waals surface area contributed by atoms with E-state index in [0.717, 1.165) is 0 Å². The summed E-state index contributed by atoms with van der Waals surface area (Å²) >= 11 is 0. The molecule has 10 heavy (non-hydrogen) atoms. The molecule has 0 heterocycles. The third-order valence-corrected chi connectivity index (χ3v) is 0.900. The Balaban J connectivity index is 3.46. The van der Waals surface area contributed by atoms with Gasteiger partial charge in [-0.25, -0.2) is 4.79 Å². The number of urea groups is 1. The van der Waals surface area contributed by atoms with E-state index in [1.807, 2.05) is 6.92 Å². The summed E-state index contributed by atoms with van der Waals surface area (Å²) in [6.45, 7) is 3.99. The van der Waals surface area contributed by atoms with Gasteiger partial charge in [-0.1, -0.05) is 0 Å². The van der Waals surface area contributed by atoms with Crippen molar-refractivity contribution in [3.05, 3.63) is 0 Å². The van der Waals surface area contributed by atoms with Crippen LogP contribution < -0.4 is 10.6 Å². The van der Waals surface area contributed by atoms with Crippen LogP contribution in [0.3, 0.4) is 0 Å². The Kier molecular flexibility index (Phi) is 4.28. The quantitative estimate of drug-likeness (QED) is 0.543. The predicted molar refractivity (Wildman–Crippen MR) is 37.7 cm³/mol. The largest absolute Gasteiger partial charge is 0.338 e. The summed E-state index contributed by atoms with van der Waals surface area (Å²) < 4.78 is 0. The topological polar surface area (TPSA) is 58.2 Å². The molecule has 0 saturated heterocycles. The monoisotopic (exact) mass is 144 g/mol. The zero-order chi connectivity index (χ0) is 7.98. The van der Waals surface area contributed by atoms with Crippen molar-refractivity contribution in [1.29, 1.82) is 0 Å². The number of aldehydes is 1. The van der Waals surface area contributed by atoms with Gasteiger partial charge in [0.2, 0.25) is 0 Å². The van der Waals surface area contributed by atoms with Crippen molar-refractivity contribution in [3.8, 4) is 0 Å². The van der Waals surface area contributed by atoms with Gasteiger partial charge in [-0.2, -0.15) is 0 Å². The third kappa shape index (κ3) is 3.88. The molecule has 0 radical (unpaired) electrons. The van der Waals surface area contributed by atoms with Crippen LogP contribution in [0.4, 0.5) is 4.79 Å². The van der Waals surface area contributed by atoms with Crippen LogP contribution in [0.2, 0.25) is 0 Å². The van der Waals surface area contributed by atoms with Gasteiger partial charge >= 0.3 is 6.03 Å². The number of carbonyl (C=O) groups excluding carboxylic acids is 2. The van der Waals surface area contributed by atoms with Crippen molar-refractivity contribution in [2.45, 2.75) is 19.9 Å². The molecule has 2 amide bonds. The Labute approximate surface area is 60.0 Å². The average Bonchev–Trinajstić information content (AvgIpc) is 1.88. The standard InChI is InChI=1S/C6H12N2O2/c1-3-7-6(10)8-5(2)4-9/h4-5H,3H2,1-2H3,(H2,7,8,10)/t5-/m0/s1. The second-order valence-corrected chi connectivity index (χ2v) is 1.93. The zero-order valence-electron chi connectivity index (χ0n) is 6.18. The Morgan fingerprint density at radius 3 is 2.70 bits per heavy atom. The SMILES string of the molecule is CCNC(=O)N[C@@H](C)C=O. The van der Waals surface area contributed by atoms with E-state index >= 15 is 0 Å². The molecule has 0 aromatic carbocycles. The van der Waals surface area contributed by atoms with Gasteiger partial charge in [0, 0.05) is 6.54 Å². The summed E-state index contributed by atoms with van der Waals surface area (Å²) in [6, 6.07) is -0.714. The lowest BCUT2D eigenvalue weighted by molar-refractivity contribution is -0.109. The van der Waals surface area contributed by atoms with Crippen molar-refractivity contribution < 1.29 is 9.59 Å². The summed E-state index contributed by atoms with van der Waals surface area (Å²) in [4.78, 5) is 20.6. The maximum Gasteiger partial charge on any atom is 0.315 e. The molecule has 58 valence electrons. The molecule has 0 bridgehead atoms. The molecule has 0 unspecified atom stereocenters. The van der Waals surface area contributed by atoms with Gasteiger partial charge in [0.05, 0.1) is 6.04 Å². The highest BCUT2D eigenvalue weighted by Crippen LogP contribution is 1.72. The first-order valence-corrected chi connectivity index (χ1v) is 3.20. The summed E-state index contributed by atoms with van der Waals surface area (Å²) in [5.41, 5.74) is 0. The Morgan fingerprint density at radius 2 is 2.30 bits per heavy atom. The summed E-state index contributed by atoms with van der Waals surface area (Å²) in [6.07, 6.45) is 0.676. The molecule has 2 N–H and O–H groups in total. The maximum atomic E-state index is 10.6. The van der Waals surface area contributed by atoms with Crippen LogP contribution in [0.25, 0.3) is 0 Å². The van der Waals surface area contributed by atoms with Crippen LogP contribution in [-0.2, 0) is 4.79 Å². The van der Waals surface area contributed by atoms with E-state index in [2.05, 4.69) is 10.6 Å². The first-order chi connectivity index (χ1) is 4.70. The molecule has 0 aromatic rings. The predicted octanol–water partition coefficient (Wildman–Crippen LogP) is -0.107. The van der Waals surface area contributed by atoms with Crippen LogP contribution in [0, 0.1) is 0 Å². The average molecular weight is 144 g/mol. The van der Waals surface area contributed by atoms with Crippen LogP contribution in [-0.4, -0.2) is 24.9 Å². The number of nitrogens with one attached hydrogen (secondary N) is 2. The maximum absolute atomic E-state index is 10.6. The molecular weight excluding hydrogens is 132 g/mol. The van der Waals surface area contributed by atoms with Crippen molar-refractivity contribution in [2.24, 2.45) is 0 Å². The zero-order valence-corrected chi connectivity index (χ0v) is 6.18. The molecule has 0 aliphatic heterocycles. The molecule has 0 aromatic heterocycles. The van der Waals surface area contributed by atoms with Gasteiger partial charge in [0.1, 0.15) is 6.29 Å². The normalized spacial score (nSPS) is 11.8. The molecule has 4 nitrogen and oxygen atoms in total. The lowest BCUT2D eigenvalue weighted by atomic mass is 10.4. The second kappa shape index (κ2) is 4.78. The number of amides is 2. The smallest absolute Gasteiger partial charge is 0.315 e. The molecule has 0 spiro atoms. The molecule has 0 saturated carbocycles. The summed E-state index contributed by atoms with van der Waals surface area (Å²) in [7, 11) is 0. The molecule has 0 aliphatic rings. The number of carbonyl (C=O) groups is 2. The van der Waals surface area contributed by atoms with Gasteiger partial charge < -0.3 is 15.4 Å². The van der Waals surface area contributed by atoms with Crippen LogP contribution in [0.1, 0.15) is 13.8 Å². The van der Waals surface area contributed by atoms with Crippen LogP contribution in [0.5, 0.6) is 0 Å². The fraction of sp³-hybridized carbons (Fsp3) is 0.667. The fourth-order valence-electron chi connectivity index (χ4n) is 0.452. The van der Waals surface area contributed by atoms with Gasteiger partial charge in [-0.3, -0.25) is 0 Å². The molecule has 0 fully saturated rings. The minimum absolute atomic E-state index is 0.304. The Morgan fingerprint density at radius 1 is 1.70 bits per heavy atom. The van der Waals surface area contributed by atoms with E-state index in [9.17, 15) is 9.59 Å². The highest BCUT2D eigenvalue weighted by atomic mass is 16.2. The van der Waals surface area contributed by atoms with Crippen molar-refractivity contribution >= 4 is 12.3 Å². The number of hydrogen-bond donors (Lipinski definition) is 2. The minimum atomic E-state index is -0.411. The molecular formula is C6H12N2O2. The summed E-state index contributed by atoms with van der Waals surface area (Å²) in [5.74, 6) is 0. The van der Waals surface area contributed by atoms with E-state index in [-0.39, 0.29) is 6.03 Å². The first kappa shape index (κ1) is 8.94.